The van der Waals surface area contributed by atoms with Gasteiger partial charge in [-0.15, -0.1) is 0 Å². The minimum absolute atomic E-state index is 0.197. The summed E-state index contributed by atoms with van der Waals surface area (Å²) in [5.74, 6) is 0.197. The van der Waals surface area contributed by atoms with E-state index in [1.165, 1.54) is 4.31 Å². The van der Waals surface area contributed by atoms with Crippen molar-refractivity contribution in [3.63, 3.8) is 0 Å². The molecule has 0 heterocycles. The van der Waals surface area contributed by atoms with Gasteiger partial charge in [-0.05, 0) is 13.3 Å². The molecule has 0 radical (unpaired) electrons. The molecule has 0 aliphatic rings. The maximum absolute atomic E-state index is 11.8. The summed E-state index contributed by atoms with van der Waals surface area (Å²) >= 11 is 0. The van der Waals surface area contributed by atoms with Gasteiger partial charge in [-0.1, -0.05) is 27.2 Å². The van der Waals surface area contributed by atoms with Gasteiger partial charge in [0.2, 0.25) is 10.0 Å². The molecule has 0 spiro atoms. The Hall–Kier alpha value is -0.130. The zero-order valence-corrected chi connectivity index (χ0v) is 11.8. The van der Waals surface area contributed by atoms with E-state index >= 15 is 0 Å². The van der Waals surface area contributed by atoms with Crippen LogP contribution < -0.4 is 5.32 Å². The quantitative estimate of drug-likeness (QED) is 0.673. The molecule has 0 aromatic rings. The summed E-state index contributed by atoms with van der Waals surface area (Å²) < 4.78 is 25.1. The smallest absolute Gasteiger partial charge is 0.215 e. The summed E-state index contributed by atoms with van der Waals surface area (Å²) in [7, 11) is -3.06. The van der Waals surface area contributed by atoms with Crippen LogP contribution in [0, 0.1) is 0 Å². The molecule has 1 N–H and O–H groups in total. The third-order valence-electron chi connectivity index (χ3n) is 2.67. The second-order valence-corrected chi connectivity index (χ2v) is 6.13. The summed E-state index contributed by atoms with van der Waals surface area (Å²) in [5, 5.41) is 3.24. The van der Waals surface area contributed by atoms with E-state index in [4.69, 9.17) is 0 Å². The average molecular weight is 250 g/mol. The first kappa shape index (κ1) is 15.9. The van der Waals surface area contributed by atoms with E-state index in [0.717, 1.165) is 12.8 Å². The zero-order chi connectivity index (χ0) is 12.6. The van der Waals surface area contributed by atoms with Crippen molar-refractivity contribution in [2.24, 2.45) is 0 Å². The first-order chi connectivity index (χ1) is 7.47. The Kier molecular flexibility index (Phi) is 7.97. The Labute approximate surface area is 100 Å². The van der Waals surface area contributed by atoms with Gasteiger partial charge in [-0.25, -0.2) is 12.7 Å². The molecule has 5 heteroatoms. The normalized spacial score (nSPS) is 14.3. The highest BCUT2D eigenvalue weighted by Gasteiger charge is 2.18. The van der Waals surface area contributed by atoms with Gasteiger partial charge in [0.1, 0.15) is 0 Å². The van der Waals surface area contributed by atoms with Crippen molar-refractivity contribution in [3.05, 3.63) is 0 Å². The molecule has 0 saturated heterocycles. The van der Waals surface area contributed by atoms with Crippen LogP contribution in [0.3, 0.4) is 0 Å². The van der Waals surface area contributed by atoms with Crippen molar-refractivity contribution in [2.75, 3.05) is 25.4 Å². The Bertz CT molecular complexity index is 261. The van der Waals surface area contributed by atoms with Crippen LogP contribution in [0.1, 0.15) is 40.5 Å². The fourth-order valence-corrected chi connectivity index (χ4v) is 3.14. The Morgan fingerprint density at radius 1 is 1.19 bits per heavy atom. The van der Waals surface area contributed by atoms with Crippen molar-refractivity contribution < 1.29 is 8.42 Å². The summed E-state index contributed by atoms with van der Waals surface area (Å²) in [6.45, 7) is 9.62. The molecule has 0 saturated carbocycles. The van der Waals surface area contributed by atoms with Crippen molar-refractivity contribution in [1.82, 2.24) is 9.62 Å². The molecule has 0 aliphatic carbocycles. The van der Waals surface area contributed by atoms with E-state index in [1.54, 1.807) is 0 Å². The van der Waals surface area contributed by atoms with Crippen molar-refractivity contribution >= 4 is 10.0 Å². The lowest BCUT2D eigenvalue weighted by Crippen LogP contribution is -2.38. The highest BCUT2D eigenvalue weighted by molar-refractivity contribution is 7.89. The zero-order valence-electron chi connectivity index (χ0n) is 11.0. The first-order valence-electron chi connectivity index (χ1n) is 6.19. The minimum atomic E-state index is -3.06. The van der Waals surface area contributed by atoms with E-state index in [0.29, 0.717) is 25.7 Å². The lowest BCUT2D eigenvalue weighted by Gasteiger charge is -2.19. The third kappa shape index (κ3) is 5.82. The van der Waals surface area contributed by atoms with E-state index in [2.05, 4.69) is 19.2 Å². The van der Waals surface area contributed by atoms with Gasteiger partial charge in [0.05, 0.1) is 5.75 Å². The molecule has 0 fully saturated rings. The number of hydrogen-bond donors (Lipinski definition) is 1. The molecule has 16 heavy (non-hydrogen) atoms. The lowest BCUT2D eigenvalue weighted by atomic mass is 10.2. The number of nitrogens with one attached hydrogen (secondary N) is 1. The van der Waals surface area contributed by atoms with Gasteiger partial charge in [-0.2, -0.15) is 0 Å². The summed E-state index contributed by atoms with van der Waals surface area (Å²) in [4.78, 5) is 0. The van der Waals surface area contributed by atoms with Crippen LogP contribution in [0.15, 0.2) is 0 Å². The minimum Gasteiger partial charge on any atom is -0.313 e. The summed E-state index contributed by atoms with van der Waals surface area (Å²) in [6.07, 6.45) is 2.21. The van der Waals surface area contributed by atoms with E-state index < -0.39 is 10.0 Å². The monoisotopic (exact) mass is 250 g/mol. The van der Waals surface area contributed by atoms with Crippen LogP contribution in [-0.4, -0.2) is 44.2 Å². The highest BCUT2D eigenvalue weighted by Crippen LogP contribution is 2.00. The SMILES string of the molecule is CCCC(C)NCCS(=O)(=O)N(CC)CC. The van der Waals surface area contributed by atoms with Gasteiger partial charge in [0.15, 0.2) is 0 Å². The highest BCUT2D eigenvalue weighted by atomic mass is 32.2. The predicted molar refractivity (Wildman–Crippen MR) is 69.1 cm³/mol. The van der Waals surface area contributed by atoms with Gasteiger partial charge < -0.3 is 5.32 Å². The number of rotatable bonds is 9. The topological polar surface area (TPSA) is 49.4 Å². The lowest BCUT2D eigenvalue weighted by molar-refractivity contribution is 0.441. The molecule has 4 nitrogen and oxygen atoms in total. The molecule has 1 unspecified atom stereocenters. The van der Waals surface area contributed by atoms with Crippen molar-refractivity contribution in [3.8, 4) is 0 Å². The Morgan fingerprint density at radius 3 is 2.19 bits per heavy atom. The molecular weight excluding hydrogens is 224 g/mol. The molecular formula is C11H26N2O2S. The van der Waals surface area contributed by atoms with Gasteiger partial charge in [-0.3, -0.25) is 0 Å². The molecule has 0 rings (SSSR count). The molecule has 0 bridgehead atoms. The molecule has 0 amide bonds. The van der Waals surface area contributed by atoms with Crippen LogP contribution in [0.5, 0.6) is 0 Å². The van der Waals surface area contributed by atoms with Crippen LogP contribution in [0.25, 0.3) is 0 Å². The molecule has 0 aromatic heterocycles. The van der Waals surface area contributed by atoms with Gasteiger partial charge >= 0.3 is 0 Å². The van der Waals surface area contributed by atoms with Gasteiger partial charge in [0.25, 0.3) is 0 Å². The number of sulfonamides is 1. The second-order valence-electron chi connectivity index (χ2n) is 4.04. The van der Waals surface area contributed by atoms with Crippen LogP contribution in [0.4, 0.5) is 0 Å². The molecule has 0 aliphatic heterocycles. The standard InChI is InChI=1S/C11H26N2O2S/c1-5-8-11(4)12-9-10-16(14,15)13(6-2)7-3/h11-12H,5-10H2,1-4H3. The number of hydrogen-bond acceptors (Lipinski definition) is 3. The first-order valence-corrected chi connectivity index (χ1v) is 7.80. The maximum Gasteiger partial charge on any atom is 0.215 e. The second kappa shape index (κ2) is 8.03. The van der Waals surface area contributed by atoms with Crippen LogP contribution >= 0.6 is 0 Å². The largest absolute Gasteiger partial charge is 0.313 e. The fourth-order valence-electron chi connectivity index (χ4n) is 1.72. The maximum atomic E-state index is 11.8. The molecule has 1 atom stereocenters. The van der Waals surface area contributed by atoms with E-state index in [9.17, 15) is 8.42 Å². The van der Waals surface area contributed by atoms with E-state index in [1.807, 2.05) is 13.8 Å². The Morgan fingerprint density at radius 2 is 1.75 bits per heavy atom. The Balaban J connectivity index is 4.00. The van der Waals surface area contributed by atoms with Crippen LogP contribution in [-0.2, 0) is 10.0 Å². The third-order valence-corrected chi connectivity index (χ3v) is 4.70. The van der Waals surface area contributed by atoms with E-state index in [-0.39, 0.29) is 5.75 Å². The summed E-state index contributed by atoms with van der Waals surface area (Å²) in [6, 6.07) is 0.400. The van der Waals surface area contributed by atoms with Crippen molar-refractivity contribution in [1.29, 1.82) is 0 Å². The van der Waals surface area contributed by atoms with Gasteiger partial charge in [0, 0.05) is 25.7 Å². The molecule has 0 aromatic carbocycles. The fraction of sp³-hybridized carbons (Fsp3) is 1.00. The molecule has 98 valence electrons. The van der Waals surface area contributed by atoms with Crippen LogP contribution in [0.2, 0.25) is 0 Å². The van der Waals surface area contributed by atoms with Crippen molar-refractivity contribution in [2.45, 2.75) is 46.6 Å². The average Bonchev–Trinajstić information content (AvgIpc) is 2.19. The number of nitrogens with zero attached hydrogens (tertiary/aromatic N) is 1. The predicted octanol–water partition coefficient (Wildman–Crippen LogP) is 1.44. The summed E-state index contributed by atoms with van der Waals surface area (Å²) in [5.41, 5.74) is 0.